The van der Waals surface area contributed by atoms with Crippen LogP contribution in [0.2, 0.25) is 5.02 Å². The number of nitrogens with one attached hydrogen (secondary N) is 1. The molecule has 2 aromatic heterocycles. The summed E-state index contributed by atoms with van der Waals surface area (Å²) in [7, 11) is 0. The minimum Gasteiger partial charge on any atom is -0.390 e. The Morgan fingerprint density at radius 2 is 2.03 bits per heavy atom. The molecule has 7 heteroatoms. The molecule has 6 nitrogen and oxygen atoms in total. The molecule has 1 atom stereocenters. The van der Waals surface area contributed by atoms with Crippen LogP contribution in [0.4, 0.5) is 5.82 Å². The van der Waals surface area contributed by atoms with Gasteiger partial charge in [0.25, 0.3) is 5.91 Å². The van der Waals surface area contributed by atoms with Gasteiger partial charge < -0.3 is 15.3 Å². The summed E-state index contributed by atoms with van der Waals surface area (Å²) in [6.45, 7) is 6.90. The molecule has 30 heavy (non-hydrogen) atoms. The number of carbonyl (C=O) groups excluding carboxylic acids is 1. The average Bonchev–Trinajstić information content (AvgIpc) is 2.60. The smallest absolute Gasteiger partial charge is 0.253 e. The zero-order valence-electron chi connectivity index (χ0n) is 17.8. The van der Waals surface area contributed by atoms with Crippen LogP contribution < -0.4 is 10.2 Å². The zero-order chi connectivity index (χ0) is 21.3. The van der Waals surface area contributed by atoms with Gasteiger partial charge in [0.2, 0.25) is 0 Å². The van der Waals surface area contributed by atoms with Crippen molar-refractivity contribution in [3.8, 4) is 0 Å². The fourth-order valence-electron chi connectivity index (χ4n) is 5.36. The van der Waals surface area contributed by atoms with E-state index in [0.717, 1.165) is 49.9 Å². The molecule has 0 bridgehead atoms. The van der Waals surface area contributed by atoms with Gasteiger partial charge in [0.05, 0.1) is 16.2 Å². The second kappa shape index (κ2) is 6.79. The third kappa shape index (κ3) is 3.34. The first-order chi connectivity index (χ1) is 14.1. The summed E-state index contributed by atoms with van der Waals surface area (Å²) in [6, 6.07) is 4.32. The van der Waals surface area contributed by atoms with Crippen LogP contribution in [0.15, 0.2) is 18.3 Å². The fourth-order valence-corrected chi connectivity index (χ4v) is 5.63. The fraction of sp³-hybridized carbons (Fsp3) is 0.609. The number of rotatable bonds is 4. The number of anilines is 1. The molecule has 0 unspecified atom stereocenters. The number of amides is 1. The molecule has 0 aromatic carbocycles. The lowest BCUT2D eigenvalue weighted by Crippen LogP contribution is -2.59. The first kappa shape index (κ1) is 20.0. The van der Waals surface area contributed by atoms with Crippen LogP contribution in [-0.4, -0.2) is 45.2 Å². The summed E-state index contributed by atoms with van der Waals surface area (Å²) < 4.78 is 0. The molecule has 2 aromatic rings. The van der Waals surface area contributed by atoms with E-state index >= 15 is 0 Å². The minimum absolute atomic E-state index is 0.0980. The number of aliphatic hydroxyl groups is 1. The van der Waals surface area contributed by atoms with E-state index in [2.05, 4.69) is 27.1 Å². The predicted octanol–water partition coefficient (Wildman–Crippen LogP) is 3.94. The van der Waals surface area contributed by atoms with E-state index in [4.69, 9.17) is 11.6 Å². The van der Waals surface area contributed by atoms with Crippen molar-refractivity contribution in [3.63, 3.8) is 0 Å². The van der Waals surface area contributed by atoms with Gasteiger partial charge in [-0.15, -0.1) is 0 Å². The van der Waals surface area contributed by atoms with Crippen molar-refractivity contribution in [2.45, 2.75) is 70.6 Å². The Hall–Kier alpha value is -1.92. The molecule has 0 radical (unpaired) electrons. The lowest BCUT2D eigenvalue weighted by Gasteiger charge is -2.60. The first-order valence-electron chi connectivity index (χ1n) is 10.9. The summed E-state index contributed by atoms with van der Waals surface area (Å²) in [4.78, 5) is 24.0. The predicted molar refractivity (Wildman–Crippen MR) is 118 cm³/mol. The molecule has 3 fully saturated rings. The molecule has 160 valence electrons. The molecule has 1 amide bonds. The number of carbonyl (C=O) groups is 1. The van der Waals surface area contributed by atoms with Crippen molar-refractivity contribution in [1.82, 2.24) is 15.3 Å². The second-order valence-corrected chi connectivity index (χ2v) is 10.6. The number of nitrogens with zero attached hydrogens (tertiary/aromatic N) is 3. The molecule has 5 rings (SSSR count). The van der Waals surface area contributed by atoms with E-state index in [1.807, 2.05) is 26.0 Å². The van der Waals surface area contributed by atoms with Crippen LogP contribution in [0, 0.1) is 11.3 Å². The number of hydrogen-bond donors (Lipinski definition) is 2. The van der Waals surface area contributed by atoms with Crippen molar-refractivity contribution >= 4 is 34.4 Å². The Bertz CT molecular complexity index is 1000. The maximum atomic E-state index is 12.7. The average molecular weight is 429 g/mol. The third-order valence-electron chi connectivity index (χ3n) is 7.51. The van der Waals surface area contributed by atoms with Crippen molar-refractivity contribution in [2.24, 2.45) is 11.3 Å². The molecule has 2 N–H and O–H groups in total. The lowest BCUT2D eigenvalue weighted by atomic mass is 9.47. The van der Waals surface area contributed by atoms with E-state index in [0.29, 0.717) is 33.6 Å². The Balaban J connectivity index is 1.23. The number of pyridine rings is 2. The van der Waals surface area contributed by atoms with Crippen molar-refractivity contribution in [2.75, 3.05) is 11.4 Å². The maximum absolute atomic E-state index is 12.7. The van der Waals surface area contributed by atoms with Crippen LogP contribution in [0.1, 0.15) is 63.2 Å². The highest BCUT2D eigenvalue weighted by atomic mass is 35.5. The molecule has 2 saturated carbocycles. The van der Waals surface area contributed by atoms with Crippen molar-refractivity contribution < 1.29 is 9.90 Å². The molecular weight excluding hydrogens is 400 g/mol. The molecular formula is C23H29ClN4O2. The standard InChI is InChI=1S/C23H29ClN4O2/c1-13-4-5-28(13)20-18(24)7-14-6-15(12-25-19(14)27-20)21(29)26-17-10-23(11-17)8-16(9-23)22(2,3)30/h6-7,12-13,16-17,30H,4-5,8-11H2,1-3H3,(H,26,29)/t13-,16?,17?,23?/m0/s1. The van der Waals surface area contributed by atoms with Gasteiger partial charge in [0, 0.05) is 30.2 Å². The molecule has 3 aliphatic rings. The SMILES string of the molecule is C[C@H]1CCN1c1nc2ncc(C(=O)NC3CC4(C3)CC(C(C)(C)O)C4)cc2cc1Cl. The van der Waals surface area contributed by atoms with E-state index < -0.39 is 5.60 Å². The van der Waals surface area contributed by atoms with Gasteiger partial charge in [-0.2, -0.15) is 0 Å². The zero-order valence-corrected chi connectivity index (χ0v) is 18.5. The van der Waals surface area contributed by atoms with Crippen molar-refractivity contribution in [3.05, 3.63) is 28.9 Å². The highest BCUT2D eigenvalue weighted by Gasteiger charge is 2.56. The molecule has 1 spiro atoms. The topological polar surface area (TPSA) is 78.4 Å². The summed E-state index contributed by atoms with van der Waals surface area (Å²) in [5.41, 5.74) is 0.875. The van der Waals surface area contributed by atoms with E-state index in [9.17, 15) is 9.90 Å². The van der Waals surface area contributed by atoms with Crippen LogP contribution in [0.5, 0.6) is 0 Å². The van der Waals surface area contributed by atoms with Gasteiger partial charge >= 0.3 is 0 Å². The van der Waals surface area contributed by atoms with Gasteiger partial charge in [-0.3, -0.25) is 4.79 Å². The van der Waals surface area contributed by atoms with Crippen LogP contribution in [0.3, 0.4) is 0 Å². The number of halogens is 1. The van der Waals surface area contributed by atoms with Crippen LogP contribution in [-0.2, 0) is 0 Å². The highest BCUT2D eigenvalue weighted by Crippen LogP contribution is 2.61. The molecule has 1 aliphatic heterocycles. The maximum Gasteiger partial charge on any atom is 0.253 e. The molecule has 2 aliphatic carbocycles. The Morgan fingerprint density at radius 1 is 1.30 bits per heavy atom. The lowest BCUT2D eigenvalue weighted by molar-refractivity contribution is -0.127. The normalized spacial score (nSPS) is 30.6. The molecule has 1 saturated heterocycles. The van der Waals surface area contributed by atoms with Crippen LogP contribution in [0.25, 0.3) is 11.0 Å². The summed E-state index contributed by atoms with van der Waals surface area (Å²) >= 11 is 6.47. The van der Waals surface area contributed by atoms with Gasteiger partial charge in [0.1, 0.15) is 5.82 Å². The minimum atomic E-state index is -0.598. The third-order valence-corrected chi connectivity index (χ3v) is 7.79. The van der Waals surface area contributed by atoms with Crippen LogP contribution >= 0.6 is 11.6 Å². The van der Waals surface area contributed by atoms with E-state index in [-0.39, 0.29) is 11.9 Å². The number of fused-ring (bicyclic) bond motifs is 1. The quantitative estimate of drug-likeness (QED) is 0.771. The van der Waals surface area contributed by atoms with E-state index in [1.54, 1.807) is 6.20 Å². The Kier molecular flexibility index (Phi) is 4.53. The highest BCUT2D eigenvalue weighted by molar-refractivity contribution is 6.33. The second-order valence-electron chi connectivity index (χ2n) is 10.2. The monoisotopic (exact) mass is 428 g/mol. The van der Waals surface area contributed by atoms with Gasteiger partial charge in [-0.05, 0) is 76.3 Å². The summed E-state index contributed by atoms with van der Waals surface area (Å²) in [5, 5.41) is 14.7. The summed E-state index contributed by atoms with van der Waals surface area (Å²) in [6.07, 6.45) is 6.85. The first-order valence-corrected chi connectivity index (χ1v) is 11.3. The Morgan fingerprint density at radius 3 is 2.63 bits per heavy atom. The largest absolute Gasteiger partial charge is 0.390 e. The number of hydrogen-bond acceptors (Lipinski definition) is 5. The van der Waals surface area contributed by atoms with Gasteiger partial charge in [-0.25, -0.2) is 9.97 Å². The number of aromatic nitrogens is 2. The van der Waals surface area contributed by atoms with E-state index in [1.165, 1.54) is 0 Å². The molecule has 3 heterocycles. The Labute approximate surface area is 182 Å². The van der Waals surface area contributed by atoms with Gasteiger partial charge in [-0.1, -0.05) is 11.6 Å². The van der Waals surface area contributed by atoms with Crippen molar-refractivity contribution in [1.29, 1.82) is 0 Å². The summed E-state index contributed by atoms with van der Waals surface area (Å²) in [5.74, 6) is 1.05. The van der Waals surface area contributed by atoms with Gasteiger partial charge in [0.15, 0.2) is 5.65 Å².